The molecule has 3 nitrogen and oxygen atoms in total. The molecule has 4 rings (SSSR count). The summed E-state index contributed by atoms with van der Waals surface area (Å²) in [4.78, 5) is 10.2. The lowest BCUT2D eigenvalue weighted by atomic mass is 10.2. The molecule has 2 heterocycles. The molecule has 28 heavy (non-hydrogen) atoms. The van der Waals surface area contributed by atoms with E-state index in [4.69, 9.17) is 23.2 Å². The van der Waals surface area contributed by atoms with Gasteiger partial charge in [-0.25, -0.2) is 0 Å². The summed E-state index contributed by atoms with van der Waals surface area (Å²) in [6.45, 7) is 7.95. The van der Waals surface area contributed by atoms with Gasteiger partial charge in [-0.1, -0.05) is 35.5 Å². The van der Waals surface area contributed by atoms with E-state index in [1.807, 2.05) is 17.8 Å². The maximum atomic E-state index is 6.32. The minimum atomic E-state index is 0.765. The van der Waals surface area contributed by atoms with Gasteiger partial charge in [0.15, 0.2) is 0 Å². The minimum absolute atomic E-state index is 0.765. The quantitative estimate of drug-likeness (QED) is 0.524. The standard InChI is InChI=1S/C22H27Cl2N3S/c23-9-3-10-25-13-15-26(16-14-25)11-4-12-27-19-5-1-2-6-21(19)28-22-8-7-18(24)17-20(22)27/h1-2,5-8,17H,3-4,9-16H2. The maximum Gasteiger partial charge on any atom is 0.0567 e. The average molecular weight is 436 g/mol. The second-order valence-corrected chi connectivity index (χ2v) is 9.31. The van der Waals surface area contributed by atoms with E-state index in [0.717, 1.165) is 56.5 Å². The van der Waals surface area contributed by atoms with Gasteiger partial charge in [0.25, 0.3) is 0 Å². The summed E-state index contributed by atoms with van der Waals surface area (Å²) >= 11 is 14.0. The molecule has 0 bridgehead atoms. The lowest BCUT2D eigenvalue weighted by Crippen LogP contribution is -2.47. The number of piperazine rings is 1. The van der Waals surface area contributed by atoms with Crippen LogP contribution in [0.3, 0.4) is 0 Å². The number of hydrogen-bond acceptors (Lipinski definition) is 4. The summed E-state index contributed by atoms with van der Waals surface area (Å²) in [6, 6.07) is 14.9. The fourth-order valence-electron chi connectivity index (χ4n) is 4.02. The Labute approximate surface area is 182 Å². The summed E-state index contributed by atoms with van der Waals surface area (Å²) < 4.78 is 0. The van der Waals surface area contributed by atoms with Crippen molar-refractivity contribution in [2.75, 3.05) is 56.6 Å². The molecular formula is C22H27Cl2N3S. The highest BCUT2D eigenvalue weighted by atomic mass is 35.5. The van der Waals surface area contributed by atoms with Gasteiger partial charge in [-0.15, -0.1) is 11.6 Å². The van der Waals surface area contributed by atoms with Gasteiger partial charge in [0.05, 0.1) is 11.4 Å². The average Bonchev–Trinajstić information content (AvgIpc) is 2.73. The summed E-state index contributed by atoms with van der Waals surface area (Å²) in [7, 11) is 0. The van der Waals surface area contributed by atoms with Gasteiger partial charge in [-0.2, -0.15) is 0 Å². The van der Waals surface area contributed by atoms with Crippen molar-refractivity contribution in [1.82, 2.24) is 9.80 Å². The molecule has 2 aromatic rings. The summed E-state index contributed by atoms with van der Waals surface area (Å²) in [5.74, 6) is 0.765. The second kappa shape index (κ2) is 9.73. The summed E-state index contributed by atoms with van der Waals surface area (Å²) in [5, 5.41) is 0.803. The number of benzene rings is 2. The number of rotatable bonds is 7. The van der Waals surface area contributed by atoms with Gasteiger partial charge in [0.1, 0.15) is 0 Å². The molecule has 2 aliphatic heterocycles. The number of nitrogens with zero attached hydrogens (tertiary/aromatic N) is 3. The molecule has 2 aromatic carbocycles. The molecule has 0 aliphatic carbocycles. The predicted octanol–water partition coefficient (Wildman–Crippen LogP) is 5.58. The number of hydrogen-bond donors (Lipinski definition) is 0. The molecule has 0 radical (unpaired) electrons. The van der Waals surface area contributed by atoms with E-state index < -0.39 is 0 Å². The van der Waals surface area contributed by atoms with Gasteiger partial charge >= 0.3 is 0 Å². The fraction of sp³-hybridized carbons (Fsp3) is 0.455. The fourth-order valence-corrected chi connectivity index (χ4v) is 5.38. The second-order valence-electron chi connectivity index (χ2n) is 7.41. The van der Waals surface area contributed by atoms with Gasteiger partial charge in [-0.3, -0.25) is 0 Å². The van der Waals surface area contributed by atoms with E-state index in [0.29, 0.717) is 0 Å². The summed E-state index contributed by atoms with van der Waals surface area (Å²) in [5.41, 5.74) is 2.54. The molecule has 0 aromatic heterocycles. The van der Waals surface area contributed by atoms with E-state index >= 15 is 0 Å². The van der Waals surface area contributed by atoms with Crippen LogP contribution in [0.4, 0.5) is 11.4 Å². The molecule has 0 spiro atoms. The zero-order valence-corrected chi connectivity index (χ0v) is 18.4. The number of alkyl halides is 1. The van der Waals surface area contributed by atoms with Crippen molar-refractivity contribution < 1.29 is 0 Å². The molecule has 150 valence electrons. The number of halogens is 2. The van der Waals surface area contributed by atoms with Crippen LogP contribution in [-0.2, 0) is 0 Å². The van der Waals surface area contributed by atoms with E-state index in [1.54, 1.807) is 0 Å². The van der Waals surface area contributed by atoms with E-state index in [1.165, 1.54) is 34.3 Å². The Hall–Kier alpha value is -0.910. The van der Waals surface area contributed by atoms with Crippen molar-refractivity contribution in [3.05, 3.63) is 47.5 Å². The Kier molecular flexibility index (Phi) is 7.08. The first-order valence-corrected chi connectivity index (χ1v) is 11.8. The largest absolute Gasteiger partial charge is 0.340 e. The van der Waals surface area contributed by atoms with E-state index in [2.05, 4.69) is 51.1 Å². The van der Waals surface area contributed by atoms with Crippen LogP contribution in [0, 0.1) is 0 Å². The van der Waals surface area contributed by atoms with Crippen molar-refractivity contribution in [2.45, 2.75) is 22.6 Å². The Morgan fingerprint density at radius 1 is 0.786 bits per heavy atom. The molecule has 1 fully saturated rings. The first-order chi connectivity index (χ1) is 13.7. The predicted molar refractivity (Wildman–Crippen MR) is 122 cm³/mol. The molecule has 1 saturated heterocycles. The lowest BCUT2D eigenvalue weighted by molar-refractivity contribution is 0.132. The molecule has 6 heteroatoms. The number of fused-ring (bicyclic) bond motifs is 2. The van der Waals surface area contributed by atoms with E-state index in [-0.39, 0.29) is 0 Å². The van der Waals surface area contributed by atoms with Crippen LogP contribution in [0.1, 0.15) is 12.8 Å². The Balaban J connectivity index is 1.37. The lowest BCUT2D eigenvalue weighted by Gasteiger charge is -2.36. The van der Waals surface area contributed by atoms with Gasteiger partial charge in [0, 0.05) is 53.4 Å². The van der Waals surface area contributed by atoms with Crippen LogP contribution in [0.5, 0.6) is 0 Å². The summed E-state index contributed by atoms with van der Waals surface area (Å²) in [6.07, 6.45) is 2.24. The van der Waals surface area contributed by atoms with Crippen molar-refractivity contribution >= 4 is 46.3 Å². The number of para-hydroxylation sites is 1. The third kappa shape index (κ3) is 4.80. The van der Waals surface area contributed by atoms with Crippen molar-refractivity contribution in [3.63, 3.8) is 0 Å². The minimum Gasteiger partial charge on any atom is -0.340 e. The number of anilines is 2. The Morgan fingerprint density at radius 2 is 1.46 bits per heavy atom. The molecular weight excluding hydrogens is 409 g/mol. The van der Waals surface area contributed by atoms with Crippen molar-refractivity contribution in [3.8, 4) is 0 Å². The smallest absolute Gasteiger partial charge is 0.0567 e. The molecule has 2 aliphatic rings. The van der Waals surface area contributed by atoms with Crippen LogP contribution in [0.25, 0.3) is 0 Å². The van der Waals surface area contributed by atoms with Crippen LogP contribution in [0.2, 0.25) is 5.02 Å². The van der Waals surface area contributed by atoms with Gasteiger partial charge in [0.2, 0.25) is 0 Å². The molecule has 0 unspecified atom stereocenters. The molecule has 0 N–H and O–H groups in total. The highest BCUT2D eigenvalue weighted by Gasteiger charge is 2.23. The SMILES string of the molecule is ClCCCN1CCN(CCCN2c3ccccc3Sc3ccc(Cl)cc32)CC1. The maximum absolute atomic E-state index is 6.32. The van der Waals surface area contributed by atoms with Crippen LogP contribution < -0.4 is 4.90 Å². The topological polar surface area (TPSA) is 9.72 Å². The van der Waals surface area contributed by atoms with E-state index in [9.17, 15) is 0 Å². The zero-order chi connectivity index (χ0) is 19.3. The molecule has 0 amide bonds. The van der Waals surface area contributed by atoms with Gasteiger partial charge < -0.3 is 14.7 Å². The van der Waals surface area contributed by atoms with Crippen LogP contribution >= 0.6 is 35.0 Å². The normalized spacial score (nSPS) is 17.4. The Bertz CT molecular complexity index is 793. The van der Waals surface area contributed by atoms with Crippen molar-refractivity contribution in [1.29, 1.82) is 0 Å². The molecule has 0 saturated carbocycles. The van der Waals surface area contributed by atoms with Crippen LogP contribution in [0.15, 0.2) is 52.3 Å². The van der Waals surface area contributed by atoms with Gasteiger partial charge in [-0.05, 0) is 56.3 Å². The monoisotopic (exact) mass is 435 g/mol. The highest BCUT2D eigenvalue weighted by molar-refractivity contribution is 7.99. The highest BCUT2D eigenvalue weighted by Crippen LogP contribution is 2.48. The first-order valence-electron chi connectivity index (χ1n) is 10.1. The third-order valence-corrected chi connectivity index (χ3v) is 7.15. The van der Waals surface area contributed by atoms with Crippen LogP contribution in [-0.4, -0.2) is 61.5 Å². The molecule has 0 atom stereocenters. The van der Waals surface area contributed by atoms with Crippen molar-refractivity contribution in [2.24, 2.45) is 0 Å². The first kappa shape index (κ1) is 20.4. The Morgan fingerprint density at radius 3 is 2.21 bits per heavy atom. The zero-order valence-electron chi connectivity index (χ0n) is 16.1. The third-order valence-electron chi connectivity index (χ3n) is 5.52.